The highest BCUT2D eigenvalue weighted by molar-refractivity contribution is 6.09. The maximum Gasteiger partial charge on any atom is 0.267 e. The lowest BCUT2D eigenvalue weighted by Crippen LogP contribution is -2.13. The number of anilines is 1. The average Bonchev–Trinajstić information content (AvgIpc) is 3.10. The number of aromatic nitrogens is 1. The number of nitrogens with zero attached hydrogens (tertiary/aromatic N) is 2. The molecule has 0 bridgehead atoms. The number of benzene rings is 2. The molecule has 0 aliphatic heterocycles. The van der Waals surface area contributed by atoms with Gasteiger partial charge in [-0.15, -0.1) is 0 Å². The van der Waals surface area contributed by atoms with Crippen molar-refractivity contribution in [2.45, 2.75) is 13.5 Å². The van der Waals surface area contributed by atoms with E-state index in [1.807, 2.05) is 36.4 Å². The van der Waals surface area contributed by atoms with E-state index in [2.05, 4.69) is 10.5 Å². The van der Waals surface area contributed by atoms with Crippen LogP contribution in [0.4, 0.5) is 5.82 Å². The van der Waals surface area contributed by atoms with Gasteiger partial charge >= 0.3 is 0 Å². The van der Waals surface area contributed by atoms with Gasteiger partial charge in [-0.05, 0) is 36.3 Å². The first-order chi connectivity index (χ1) is 13.1. The molecule has 1 N–H and O–H groups in total. The molecule has 134 valence electrons. The van der Waals surface area contributed by atoms with E-state index >= 15 is 0 Å². The highest BCUT2D eigenvalue weighted by Crippen LogP contribution is 2.17. The highest BCUT2D eigenvalue weighted by Gasteiger charge is 2.11. The number of nitrogens with one attached hydrogen (secondary N) is 1. The number of hydrogen-bond acceptors (Lipinski definition) is 5. The third-order valence-corrected chi connectivity index (χ3v) is 3.67. The van der Waals surface area contributed by atoms with Crippen molar-refractivity contribution >= 4 is 17.8 Å². The molecule has 0 aliphatic carbocycles. The van der Waals surface area contributed by atoms with Gasteiger partial charge in [0, 0.05) is 6.07 Å². The van der Waals surface area contributed by atoms with Crippen molar-refractivity contribution in [2.75, 3.05) is 5.32 Å². The van der Waals surface area contributed by atoms with Crippen LogP contribution in [0.1, 0.15) is 16.9 Å². The first-order valence-corrected chi connectivity index (χ1v) is 8.27. The second-order valence-electron chi connectivity index (χ2n) is 5.79. The molecule has 0 saturated heterocycles. The summed E-state index contributed by atoms with van der Waals surface area (Å²) in [5.41, 5.74) is 1.76. The van der Waals surface area contributed by atoms with Crippen LogP contribution >= 0.6 is 0 Å². The van der Waals surface area contributed by atoms with Crippen molar-refractivity contribution in [3.8, 4) is 11.8 Å². The molecule has 0 saturated carbocycles. The Morgan fingerprint density at radius 1 is 1.22 bits per heavy atom. The zero-order chi connectivity index (χ0) is 19.1. The fraction of sp³-hybridized carbons (Fsp3) is 0.0952. The summed E-state index contributed by atoms with van der Waals surface area (Å²) in [5, 5.41) is 15.5. The quantitative estimate of drug-likeness (QED) is 0.528. The van der Waals surface area contributed by atoms with Gasteiger partial charge in [0.1, 0.15) is 29.8 Å². The van der Waals surface area contributed by atoms with Gasteiger partial charge < -0.3 is 14.6 Å². The SMILES string of the molecule is Cc1cc(NC(=O)/C(C#N)=C\c2ccc(OCc3ccccc3)cc2)no1. The summed E-state index contributed by atoms with van der Waals surface area (Å²) in [5.74, 6) is 0.995. The molecule has 1 heterocycles. The second kappa shape index (κ2) is 8.50. The summed E-state index contributed by atoms with van der Waals surface area (Å²) in [6, 6.07) is 20.5. The van der Waals surface area contributed by atoms with E-state index < -0.39 is 5.91 Å². The Kier molecular flexibility index (Phi) is 5.65. The first-order valence-electron chi connectivity index (χ1n) is 8.27. The zero-order valence-corrected chi connectivity index (χ0v) is 14.7. The molecule has 6 nitrogen and oxygen atoms in total. The Morgan fingerprint density at radius 3 is 2.59 bits per heavy atom. The number of hydrogen-bond donors (Lipinski definition) is 1. The van der Waals surface area contributed by atoms with Gasteiger partial charge in [0.2, 0.25) is 0 Å². The number of amides is 1. The molecule has 1 aromatic heterocycles. The van der Waals surface area contributed by atoms with Crippen molar-refractivity contribution < 1.29 is 14.1 Å². The third kappa shape index (κ3) is 5.06. The van der Waals surface area contributed by atoms with Crippen molar-refractivity contribution in [1.29, 1.82) is 5.26 Å². The van der Waals surface area contributed by atoms with E-state index in [-0.39, 0.29) is 11.4 Å². The van der Waals surface area contributed by atoms with Gasteiger partial charge in [0.05, 0.1) is 0 Å². The van der Waals surface area contributed by atoms with Crippen LogP contribution in [0.2, 0.25) is 0 Å². The van der Waals surface area contributed by atoms with Crippen molar-refractivity contribution in [1.82, 2.24) is 5.16 Å². The van der Waals surface area contributed by atoms with Gasteiger partial charge in [0.15, 0.2) is 5.82 Å². The highest BCUT2D eigenvalue weighted by atomic mass is 16.5. The molecule has 0 radical (unpaired) electrons. The third-order valence-electron chi connectivity index (χ3n) is 3.67. The average molecular weight is 359 g/mol. The summed E-state index contributed by atoms with van der Waals surface area (Å²) in [7, 11) is 0. The molecule has 3 aromatic rings. The molecule has 1 amide bonds. The monoisotopic (exact) mass is 359 g/mol. The second-order valence-corrected chi connectivity index (χ2v) is 5.79. The van der Waals surface area contributed by atoms with Gasteiger partial charge in [-0.2, -0.15) is 5.26 Å². The van der Waals surface area contributed by atoms with E-state index in [1.165, 1.54) is 6.08 Å². The fourth-order valence-corrected chi connectivity index (χ4v) is 2.33. The van der Waals surface area contributed by atoms with Crippen molar-refractivity contribution in [3.63, 3.8) is 0 Å². The number of rotatable bonds is 6. The molecule has 0 spiro atoms. The van der Waals surface area contributed by atoms with Crippen molar-refractivity contribution in [2.24, 2.45) is 0 Å². The van der Waals surface area contributed by atoms with Crippen molar-refractivity contribution in [3.05, 3.63) is 83.1 Å². The Balaban J connectivity index is 1.64. The van der Waals surface area contributed by atoms with Crippen LogP contribution in [0.15, 0.2) is 70.8 Å². The van der Waals surface area contributed by atoms with E-state index in [9.17, 15) is 10.1 Å². The lowest BCUT2D eigenvalue weighted by atomic mass is 10.1. The van der Waals surface area contributed by atoms with Crippen LogP contribution in [-0.2, 0) is 11.4 Å². The molecular formula is C21H17N3O3. The largest absolute Gasteiger partial charge is 0.489 e. The Bertz CT molecular complexity index is 984. The number of carbonyl (C=O) groups excluding carboxylic acids is 1. The van der Waals surface area contributed by atoms with E-state index in [0.29, 0.717) is 23.7 Å². The van der Waals surface area contributed by atoms with Crippen LogP contribution in [0.3, 0.4) is 0 Å². The molecule has 2 aromatic carbocycles. The number of nitriles is 1. The standard InChI is InChI=1S/C21H17N3O3/c1-15-11-20(24-27-15)23-21(25)18(13-22)12-16-7-9-19(10-8-16)26-14-17-5-3-2-4-6-17/h2-12H,14H2,1H3,(H,23,24,25)/b18-12-. The first kappa shape index (κ1) is 18.0. The lowest BCUT2D eigenvalue weighted by Gasteiger charge is -2.06. The maximum absolute atomic E-state index is 12.2. The van der Waals surface area contributed by atoms with Gasteiger partial charge in [-0.1, -0.05) is 47.6 Å². The predicted octanol–water partition coefficient (Wildman–Crippen LogP) is 4.11. The normalized spacial score (nSPS) is 10.9. The van der Waals surface area contributed by atoms with Crippen LogP contribution in [0.25, 0.3) is 6.08 Å². The molecule has 3 rings (SSSR count). The maximum atomic E-state index is 12.2. The number of aryl methyl sites for hydroxylation is 1. The van der Waals surface area contributed by atoms with E-state index in [4.69, 9.17) is 9.26 Å². The molecule has 0 unspecified atom stereocenters. The van der Waals surface area contributed by atoms with Gasteiger partial charge in [-0.25, -0.2) is 0 Å². The molecular weight excluding hydrogens is 342 g/mol. The number of ether oxygens (including phenoxy) is 1. The van der Waals surface area contributed by atoms with Gasteiger partial charge in [0.25, 0.3) is 5.91 Å². The van der Waals surface area contributed by atoms with Crippen LogP contribution in [0, 0.1) is 18.3 Å². The van der Waals surface area contributed by atoms with Crippen LogP contribution in [0.5, 0.6) is 5.75 Å². The minimum atomic E-state index is -0.546. The zero-order valence-electron chi connectivity index (χ0n) is 14.7. The van der Waals surface area contributed by atoms with E-state index in [0.717, 1.165) is 5.56 Å². The lowest BCUT2D eigenvalue weighted by molar-refractivity contribution is -0.112. The van der Waals surface area contributed by atoms with E-state index in [1.54, 1.807) is 37.3 Å². The summed E-state index contributed by atoms with van der Waals surface area (Å²) in [4.78, 5) is 12.2. The molecule has 0 atom stereocenters. The van der Waals surface area contributed by atoms with Crippen LogP contribution < -0.4 is 10.1 Å². The van der Waals surface area contributed by atoms with Gasteiger partial charge in [-0.3, -0.25) is 4.79 Å². The molecule has 0 aliphatic rings. The Hall–Kier alpha value is -3.85. The summed E-state index contributed by atoms with van der Waals surface area (Å²) >= 11 is 0. The Labute approximate surface area is 156 Å². The summed E-state index contributed by atoms with van der Waals surface area (Å²) < 4.78 is 10.6. The Morgan fingerprint density at radius 2 is 1.96 bits per heavy atom. The minimum Gasteiger partial charge on any atom is -0.489 e. The fourth-order valence-electron chi connectivity index (χ4n) is 2.33. The molecule has 0 fully saturated rings. The molecule has 27 heavy (non-hydrogen) atoms. The summed E-state index contributed by atoms with van der Waals surface area (Å²) in [6.07, 6.45) is 1.50. The van der Waals surface area contributed by atoms with Crippen LogP contribution in [-0.4, -0.2) is 11.1 Å². The number of carbonyl (C=O) groups is 1. The smallest absolute Gasteiger partial charge is 0.267 e. The molecule has 6 heteroatoms. The summed E-state index contributed by atoms with van der Waals surface area (Å²) in [6.45, 7) is 2.18. The topological polar surface area (TPSA) is 88.2 Å². The minimum absolute atomic E-state index is 0.0337. The predicted molar refractivity (Wildman–Crippen MR) is 101 cm³/mol.